The first-order valence-corrected chi connectivity index (χ1v) is 5.86. The summed E-state index contributed by atoms with van der Waals surface area (Å²) < 4.78 is 5.28. The monoisotopic (exact) mass is 267 g/mol. The highest BCUT2D eigenvalue weighted by atomic mass is 16.5. The van der Waals surface area contributed by atoms with E-state index in [1.54, 1.807) is 24.3 Å². The number of ether oxygens (including phenoxy) is 1. The van der Waals surface area contributed by atoms with Crippen molar-refractivity contribution in [1.82, 2.24) is 10.6 Å². The smallest absolute Gasteiger partial charge is 0.404 e. The van der Waals surface area contributed by atoms with Gasteiger partial charge in [0.2, 0.25) is 0 Å². The van der Waals surface area contributed by atoms with Crippen molar-refractivity contribution in [1.29, 1.82) is 0 Å². The van der Waals surface area contributed by atoms with E-state index in [2.05, 4.69) is 16.0 Å². The summed E-state index contributed by atoms with van der Waals surface area (Å²) in [5.74, 6) is 0.735. The highest BCUT2D eigenvalue weighted by molar-refractivity contribution is 5.89. The Hall–Kier alpha value is -2.44. The van der Waals surface area contributed by atoms with Crippen molar-refractivity contribution in [3.8, 4) is 5.75 Å². The summed E-state index contributed by atoms with van der Waals surface area (Å²) in [6, 6.07) is 6.56. The largest absolute Gasteiger partial charge is 0.494 e. The minimum absolute atomic E-state index is 0.159. The number of benzene rings is 1. The van der Waals surface area contributed by atoms with Crippen LogP contribution < -0.4 is 20.7 Å². The molecule has 0 bridgehead atoms. The number of rotatable bonds is 6. The van der Waals surface area contributed by atoms with Gasteiger partial charge in [0.05, 0.1) is 6.61 Å². The van der Waals surface area contributed by atoms with E-state index in [1.165, 1.54) is 0 Å². The Kier molecular flexibility index (Phi) is 6.00. The molecule has 0 heterocycles. The molecule has 0 radical (unpaired) electrons. The molecule has 0 spiro atoms. The first-order chi connectivity index (χ1) is 9.11. The van der Waals surface area contributed by atoms with Crippen LogP contribution in [0.3, 0.4) is 0 Å². The van der Waals surface area contributed by atoms with Crippen molar-refractivity contribution in [3.05, 3.63) is 24.3 Å². The van der Waals surface area contributed by atoms with E-state index in [-0.39, 0.29) is 13.1 Å². The summed E-state index contributed by atoms with van der Waals surface area (Å²) in [6.07, 6.45) is -1.12. The third kappa shape index (κ3) is 6.16. The molecule has 3 amide bonds. The maximum atomic E-state index is 11.4. The van der Waals surface area contributed by atoms with Crippen LogP contribution in [-0.2, 0) is 0 Å². The van der Waals surface area contributed by atoms with Crippen LogP contribution in [0, 0.1) is 0 Å². The third-order valence-electron chi connectivity index (χ3n) is 2.11. The van der Waals surface area contributed by atoms with E-state index in [0.717, 1.165) is 5.75 Å². The maximum Gasteiger partial charge on any atom is 0.404 e. The van der Waals surface area contributed by atoms with E-state index < -0.39 is 12.1 Å². The molecule has 7 nitrogen and oxygen atoms in total. The molecule has 7 heteroatoms. The molecule has 0 aliphatic rings. The van der Waals surface area contributed by atoms with Gasteiger partial charge in [0.25, 0.3) is 0 Å². The summed E-state index contributed by atoms with van der Waals surface area (Å²) in [7, 11) is 0. The molecule has 0 saturated carbocycles. The molecule has 1 aromatic rings. The summed E-state index contributed by atoms with van der Waals surface area (Å²) in [5, 5.41) is 15.6. The van der Waals surface area contributed by atoms with E-state index in [1.807, 2.05) is 6.92 Å². The lowest BCUT2D eigenvalue weighted by atomic mass is 10.3. The number of anilines is 1. The topological polar surface area (TPSA) is 99.7 Å². The van der Waals surface area contributed by atoms with Crippen LogP contribution in [0.2, 0.25) is 0 Å². The quantitative estimate of drug-likeness (QED) is 0.586. The van der Waals surface area contributed by atoms with Crippen molar-refractivity contribution in [2.75, 3.05) is 25.0 Å². The molecule has 0 aliphatic carbocycles. The fourth-order valence-electron chi connectivity index (χ4n) is 1.32. The molecule has 1 aromatic carbocycles. The van der Waals surface area contributed by atoms with Gasteiger partial charge in [-0.3, -0.25) is 0 Å². The van der Waals surface area contributed by atoms with Crippen molar-refractivity contribution in [3.63, 3.8) is 0 Å². The van der Waals surface area contributed by atoms with E-state index in [9.17, 15) is 9.59 Å². The first kappa shape index (κ1) is 14.6. The Labute approximate surface area is 111 Å². The molecule has 0 aromatic heterocycles. The first-order valence-electron chi connectivity index (χ1n) is 5.86. The number of carbonyl (C=O) groups is 2. The molecular weight excluding hydrogens is 250 g/mol. The highest BCUT2D eigenvalue weighted by Crippen LogP contribution is 2.15. The number of hydrogen-bond donors (Lipinski definition) is 4. The summed E-state index contributed by atoms with van der Waals surface area (Å²) in [6.45, 7) is 2.86. The van der Waals surface area contributed by atoms with Crippen molar-refractivity contribution in [2.45, 2.75) is 6.92 Å². The van der Waals surface area contributed by atoms with Crippen molar-refractivity contribution < 1.29 is 19.4 Å². The summed E-state index contributed by atoms with van der Waals surface area (Å²) in [5.41, 5.74) is 0.632. The van der Waals surface area contributed by atoms with Gasteiger partial charge in [-0.05, 0) is 31.2 Å². The second-order valence-electron chi connectivity index (χ2n) is 3.57. The van der Waals surface area contributed by atoms with E-state index >= 15 is 0 Å². The maximum absolute atomic E-state index is 11.4. The minimum atomic E-state index is -1.12. The van der Waals surface area contributed by atoms with Gasteiger partial charge in [-0.25, -0.2) is 9.59 Å². The predicted octanol–water partition coefficient (Wildman–Crippen LogP) is 1.47. The number of carbonyl (C=O) groups excluding carboxylic acids is 1. The van der Waals surface area contributed by atoms with Gasteiger partial charge in [-0.15, -0.1) is 0 Å². The van der Waals surface area contributed by atoms with Gasteiger partial charge in [0, 0.05) is 18.8 Å². The lowest BCUT2D eigenvalue weighted by molar-refractivity contribution is 0.194. The minimum Gasteiger partial charge on any atom is -0.494 e. The molecule has 0 unspecified atom stereocenters. The van der Waals surface area contributed by atoms with Crippen LogP contribution in [0.5, 0.6) is 5.75 Å². The zero-order valence-electron chi connectivity index (χ0n) is 10.6. The van der Waals surface area contributed by atoms with Crippen LogP contribution in [0.1, 0.15) is 6.92 Å². The molecule has 0 saturated heterocycles. The Morgan fingerprint density at radius 1 is 1.16 bits per heavy atom. The standard InChI is InChI=1S/C12H17N3O4/c1-2-19-10-5-3-9(4-6-10)15-11(16)13-7-8-14-12(17)18/h3-6,14H,2,7-8H2,1H3,(H,17,18)(H2,13,15,16). The number of nitrogens with one attached hydrogen (secondary N) is 3. The Balaban J connectivity index is 2.29. The fraction of sp³-hybridized carbons (Fsp3) is 0.333. The van der Waals surface area contributed by atoms with Crippen molar-refractivity contribution in [2.24, 2.45) is 0 Å². The lowest BCUT2D eigenvalue weighted by Gasteiger charge is -2.08. The number of carboxylic acid groups (broad SMARTS) is 1. The van der Waals surface area contributed by atoms with Gasteiger partial charge in [-0.2, -0.15) is 0 Å². The van der Waals surface area contributed by atoms with Crippen molar-refractivity contribution >= 4 is 17.8 Å². The van der Waals surface area contributed by atoms with Gasteiger partial charge in [0.1, 0.15) is 5.75 Å². The normalized spacial score (nSPS) is 9.53. The highest BCUT2D eigenvalue weighted by Gasteiger charge is 2.01. The second-order valence-corrected chi connectivity index (χ2v) is 3.57. The summed E-state index contributed by atoms with van der Waals surface area (Å²) in [4.78, 5) is 21.6. The Morgan fingerprint density at radius 3 is 2.37 bits per heavy atom. The average molecular weight is 267 g/mol. The summed E-state index contributed by atoms with van der Waals surface area (Å²) >= 11 is 0. The molecule has 0 fully saturated rings. The molecule has 19 heavy (non-hydrogen) atoms. The molecule has 0 atom stereocenters. The molecule has 4 N–H and O–H groups in total. The van der Waals surface area contributed by atoms with Gasteiger partial charge >= 0.3 is 12.1 Å². The average Bonchev–Trinajstić information content (AvgIpc) is 2.37. The fourth-order valence-corrected chi connectivity index (χ4v) is 1.32. The molecule has 0 aliphatic heterocycles. The van der Waals surface area contributed by atoms with Crippen LogP contribution in [0.4, 0.5) is 15.3 Å². The second kappa shape index (κ2) is 7.80. The third-order valence-corrected chi connectivity index (χ3v) is 2.11. The number of amides is 3. The predicted molar refractivity (Wildman–Crippen MR) is 70.7 cm³/mol. The Morgan fingerprint density at radius 2 is 1.79 bits per heavy atom. The molecule has 1 rings (SSSR count). The Bertz CT molecular complexity index is 419. The van der Waals surface area contributed by atoms with Gasteiger partial charge in [0.15, 0.2) is 0 Å². The van der Waals surface area contributed by atoms with Crippen LogP contribution in [-0.4, -0.2) is 36.9 Å². The van der Waals surface area contributed by atoms with Crippen LogP contribution >= 0.6 is 0 Å². The van der Waals surface area contributed by atoms with Crippen LogP contribution in [0.15, 0.2) is 24.3 Å². The van der Waals surface area contributed by atoms with E-state index in [0.29, 0.717) is 12.3 Å². The lowest BCUT2D eigenvalue weighted by Crippen LogP contribution is -2.36. The number of urea groups is 1. The van der Waals surface area contributed by atoms with Gasteiger partial charge in [-0.1, -0.05) is 0 Å². The molecular formula is C12H17N3O4. The zero-order chi connectivity index (χ0) is 14.1. The van der Waals surface area contributed by atoms with E-state index in [4.69, 9.17) is 9.84 Å². The van der Waals surface area contributed by atoms with Crippen LogP contribution in [0.25, 0.3) is 0 Å². The number of hydrogen-bond acceptors (Lipinski definition) is 3. The zero-order valence-corrected chi connectivity index (χ0v) is 10.6. The van der Waals surface area contributed by atoms with Gasteiger partial charge < -0.3 is 25.8 Å². The SMILES string of the molecule is CCOc1ccc(NC(=O)NCCNC(=O)O)cc1. The molecule has 104 valence electrons.